The fraction of sp³-hybridized carbons (Fsp3) is 0.211. The summed E-state index contributed by atoms with van der Waals surface area (Å²) in [6, 6.07) is 15.3. The second-order valence-electron chi connectivity index (χ2n) is 5.75. The molecule has 0 aliphatic heterocycles. The van der Waals surface area contributed by atoms with Gasteiger partial charge in [-0.2, -0.15) is 0 Å². The van der Waals surface area contributed by atoms with Gasteiger partial charge >= 0.3 is 0 Å². The minimum absolute atomic E-state index is 0.151. The van der Waals surface area contributed by atoms with Gasteiger partial charge in [0.1, 0.15) is 0 Å². The van der Waals surface area contributed by atoms with E-state index in [0.29, 0.717) is 21.7 Å². The number of aromatic nitrogens is 3. The van der Waals surface area contributed by atoms with Gasteiger partial charge in [0, 0.05) is 5.56 Å². The van der Waals surface area contributed by atoms with Crippen LogP contribution in [0, 0.1) is 0 Å². The molecule has 0 saturated heterocycles. The van der Waals surface area contributed by atoms with Crippen LogP contribution in [0.4, 0.5) is 5.69 Å². The van der Waals surface area contributed by atoms with Crippen LogP contribution in [-0.4, -0.2) is 26.3 Å². The van der Waals surface area contributed by atoms with E-state index < -0.39 is 0 Å². The Balaban J connectivity index is 1.64. The number of anilines is 1. The van der Waals surface area contributed by atoms with E-state index in [4.69, 9.17) is 11.6 Å². The van der Waals surface area contributed by atoms with Gasteiger partial charge in [-0.05, 0) is 31.0 Å². The van der Waals surface area contributed by atoms with Gasteiger partial charge in [0.2, 0.25) is 11.1 Å². The number of aryl methyl sites for hydroxylation is 1. The summed E-state index contributed by atoms with van der Waals surface area (Å²) in [5, 5.41) is 10.6. The molecule has 0 saturated carbocycles. The summed E-state index contributed by atoms with van der Waals surface area (Å²) in [7, 11) is 0. The number of nitrogens with one attached hydrogen (secondary N) is 2. The maximum atomic E-state index is 12.4. The summed E-state index contributed by atoms with van der Waals surface area (Å²) in [5.74, 6) is 0.538. The molecule has 0 aliphatic carbocycles. The molecule has 5 nitrogen and oxygen atoms in total. The summed E-state index contributed by atoms with van der Waals surface area (Å²) < 4.78 is 0. The Morgan fingerprint density at radius 3 is 2.65 bits per heavy atom. The standard InChI is InChI=1S/C19H19ClN4OS/c1-3-13-8-10-14(11-9-13)17-22-19(24-23-17)26-12(2)18(25)21-16-7-5-4-6-15(16)20/h4-12H,3H2,1-2H3,(H,21,25)(H,22,23,24)/t12-/m0/s1. The number of thioether (sulfide) groups is 1. The predicted molar refractivity (Wildman–Crippen MR) is 107 cm³/mol. The average molecular weight is 387 g/mol. The largest absolute Gasteiger partial charge is 0.324 e. The molecule has 0 spiro atoms. The van der Waals surface area contributed by atoms with Crippen molar-refractivity contribution in [3.05, 3.63) is 59.1 Å². The summed E-state index contributed by atoms with van der Waals surface area (Å²) in [6.45, 7) is 3.93. The molecule has 1 aromatic heterocycles. The van der Waals surface area contributed by atoms with E-state index in [0.717, 1.165) is 12.0 Å². The van der Waals surface area contributed by atoms with Crippen molar-refractivity contribution in [1.29, 1.82) is 0 Å². The van der Waals surface area contributed by atoms with Crippen LogP contribution < -0.4 is 5.32 Å². The molecular weight excluding hydrogens is 368 g/mol. The molecule has 0 radical (unpaired) electrons. The Morgan fingerprint density at radius 1 is 1.23 bits per heavy atom. The lowest BCUT2D eigenvalue weighted by Gasteiger charge is -2.11. The van der Waals surface area contributed by atoms with Crippen LogP contribution in [0.15, 0.2) is 53.7 Å². The molecule has 0 fully saturated rings. The van der Waals surface area contributed by atoms with Crippen LogP contribution in [0.25, 0.3) is 11.4 Å². The first-order valence-electron chi connectivity index (χ1n) is 8.30. The predicted octanol–water partition coefficient (Wildman–Crippen LogP) is 4.81. The number of carbonyl (C=O) groups excluding carboxylic acids is 1. The number of rotatable bonds is 6. The number of halogens is 1. The van der Waals surface area contributed by atoms with Gasteiger partial charge < -0.3 is 5.32 Å². The number of aromatic amines is 1. The minimum atomic E-state index is -0.364. The first kappa shape index (κ1) is 18.5. The second-order valence-corrected chi connectivity index (χ2v) is 7.46. The highest BCUT2D eigenvalue weighted by molar-refractivity contribution is 8.00. The maximum absolute atomic E-state index is 12.4. The van der Waals surface area contributed by atoms with E-state index in [2.05, 4.69) is 39.6 Å². The van der Waals surface area contributed by atoms with E-state index in [-0.39, 0.29) is 11.2 Å². The lowest BCUT2D eigenvalue weighted by atomic mass is 10.1. The Hall–Kier alpha value is -2.31. The van der Waals surface area contributed by atoms with Crippen LogP contribution in [0.5, 0.6) is 0 Å². The molecule has 7 heteroatoms. The van der Waals surface area contributed by atoms with Crippen molar-refractivity contribution in [2.45, 2.75) is 30.7 Å². The van der Waals surface area contributed by atoms with Crippen LogP contribution >= 0.6 is 23.4 Å². The molecule has 2 aromatic carbocycles. The highest BCUT2D eigenvalue weighted by atomic mass is 35.5. The molecule has 0 unspecified atom stereocenters. The van der Waals surface area contributed by atoms with Crippen molar-refractivity contribution in [3.8, 4) is 11.4 Å². The zero-order valence-corrected chi connectivity index (χ0v) is 16.1. The molecule has 1 heterocycles. The Morgan fingerprint density at radius 2 is 1.96 bits per heavy atom. The summed E-state index contributed by atoms with van der Waals surface area (Å²) in [6.07, 6.45) is 0.996. The van der Waals surface area contributed by atoms with Crippen LogP contribution in [0.1, 0.15) is 19.4 Å². The average Bonchev–Trinajstić information content (AvgIpc) is 3.12. The van der Waals surface area contributed by atoms with E-state index >= 15 is 0 Å². The molecule has 26 heavy (non-hydrogen) atoms. The third-order valence-electron chi connectivity index (χ3n) is 3.88. The Kier molecular flexibility index (Phi) is 5.96. The van der Waals surface area contributed by atoms with Crippen molar-refractivity contribution >= 4 is 35.0 Å². The number of hydrogen-bond acceptors (Lipinski definition) is 4. The van der Waals surface area contributed by atoms with Crippen molar-refractivity contribution in [3.63, 3.8) is 0 Å². The summed E-state index contributed by atoms with van der Waals surface area (Å²) >= 11 is 7.37. The van der Waals surface area contributed by atoms with Crippen molar-refractivity contribution in [2.24, 2.45) is 0 Å². The first-order valence-corrected chi connectivity index (χ1v) is 9.56. The fourth-order valence-corrected chi connectivity index (χ4v) is 3.24. The van der Waals surface area contributed by atoms with Gasteiger partial charge in [-0.3, -0.25) is 9.89 Å². The normalized spacial score (nSPS) is 12.0. The highest BCUT2D eigenvalue weighted by Crippen LogP contribution is 2.25. The maximum Gasteiger partial charge on any atom is 0.237 e. The number of hydrogen-bond donors (Lipinski definition) is 2. The zero-order chi connectivity index (χ0) is 18.5. The highest BCUT2D eigenvalue weighted by Gasteiger charge is 2.18. The third kappa shape index (κ3) is 4.45. The lowest BCUT2D eigenvalue weighted by Crippen LogP contribution is -2.22. The molecule has 2 N–H and O–H groups in total. The zero-order valence-electron chi connectivity index (χ0n) is 14.5. The van der Waals surface area contributed by atoms with Gasteiger partial charge in [-0.1, -0.05) is 66.7 Å². The quantitative estimate of drug-likeness (QED) is 0.596. The second kappa shape index (κ2) is 8.38. The smallest absolute Gasteiger partial charge is 0.237 e. The van der Waals surface area contributed by atoms with Gasteiger partial charge in [0.25, 0.3) is 0 Å². The Labute approximate surface area is 161 Å². The van der Waals surface area contributed by atoms with Crippen molar-refractivity contribution in [2.75, 3.05) is 5.32 Å². The van der Waals surface area contributed by atoms with Gasteiger partial charge in [0.05, 0.1) is 16.0 Å². The number of nitrogens with zero attached hydrogens (tertiary/aromatic N) is 2. The molecule has 0 bridgehead atoms. The summed E-state index contributed by atoms with van der Waals surface area (Å²) in [5.41, 5.74) is 2.83. The molecule has 3 rings (SSSR count). The molecule has 134 valence electrons. The monoisotopic (exact) mass is 386 g/mol. The van der Waals surface area contributed by atoms with E-state index in [1.165, 1.54) is 17.3 Å². The van der Waals surface area contributed by atoms with Crippen molar-refractivity contribution < 1.29 is 4.79 Å². The van der Waals surface area contributed by atoms with Gasteiger partial charge in [0.15, 0.2) is 5.82 Å². The van der Waals surface area contributed by atoms with Gasteiger partial charge in [-0.25, -0.2) is 4.98 Å². The van der Waals surface area contributed by atoms with E-state index in [9.17, 15) is 4.79 Å². The van der Waals surface area contributed by atoms with Crippen LogP contribution in [0.2, 0.25) is 5.02 Å². The lowest BCUT2D eigenvalue weighted by molar-refractivity contribution is -0.115. The number of amides is 1. The molecule has 0 aliphatic rings. The fourth-order valence-electron chi connectivity index (χ4n) is 2.34. The Bertz CT molecular complexity index is 895. The van der Waals surface area contributed by atoms with Crippen LogP contribution in [0.3, 0.4) is 0 Å². The van der Waals surface area contributed by atoms with Crippen molar-refractivity contribution in [1.82, 2.24) is 15.2 Å². The molecule has 3 aromatic rings. The number of H-pyrrole nitrogens is 1. The molecular formula is C19H19ClN4OS. The minimum Gasteiger partial charge on any atom is -0.324 e. The number of para-hydroxylation sites is 1. The first-order chi connectivity index (χ1) is 12.6. The molecule has 1 atom stereocenters. The van der Waals surface area contributed by atoms with Gasteiger partial charge in [-0.15, -0.1) is 5.10 Å². The topological polar surface area (TPSA) is 70.7 Å². The van der Waals surface area contributed by atoms with Crippen LogP contribution in [-0.2, 0) is 11.2 Å². The van der Waals surface area contributed by atoms with E-state index in [1.54, 1.807) is 12.1 Å². The number of carbonyl (C=O) groups is 1. The van der Waals surface area contributed by atoms with E-state index in [1.807, 2.05) is 31.2 Å². The summed E-state index contributed by atoms with van der Waals surface area (Å²) in [4.78, 5) is 16.8. The number of benzene rings is 2. The third-order valence-corrected chi connectivity index (χ3v) is 5.17. The SMILES string of the molecule is CCc1ccc(-c2nc(S[C@@H](C)C(=O)Nc3ccccc3Cl)n[nH]2)cc1. The molecule has 1 amide bonds.